The van der Waals surface area contributed by atoms with Gasteiger partial charge in [0.2, 0.25) is 0 Å². The quantitative estimate of drug-likeness (QED) is 0.836. The fourth-order valence-corrected chi connectivity index (χ4v) is 3.73. The lowest BCUT2D eigenvalue weighted by atomic mass is 9.88. The summed E-state index contributed by atoms with van der Waals surface area (Å²) in [5.41, 5.74) is 2.85. The molecule has 2 atom stereocenters. The van der Waals surface area contributed by atoms with E-state index in [1.54, 1.807) is 0 Å². The highest BCUT2D eigenvalue weighted by Gasteiger charge is 2.36. The first-order valence-electron chi connectivity index (χ1n) is 8.43. The zero-order chi connectivity index (χ0) is 15.4. The molecule has 1 fully saturated rings. The van der Waals surface area contributed by atoms with Crippen molar-refractivity contribution >= 4 is 0 Å². The Kier molecular flexibility index (Phi) is 4.91. The van der Waals surface area contributed by atoms with Crippen LogP contribution in [0.1, 0.15) is 37.1 Å². The topological polar surface area (TPSA) is 6.48 Å². The van der Waals surface area contributed by atoms with E-state index in [2.05, 4.69) is 84.3 Å². The molecule has 22 heavy (non-hydrogen) atoms. The van der Waals surface area contributed by atoms with Gasteiger partial charge in [0, 0.05) is 13.1 Å². The second-order valence-corrected chi connectivity index (χ2v) is 5.97. The minimum atomic E-state index is 0.433. The largest absolute Gasteiger partial charge is 0.293 e. The lowest BCUT2D eigenvalue weighted by molar-refractivity contribution is 0.0227. The van der Waals surface area contributed by atoms with Crippen LogP contribution in [-0.2, 0) is 0 Å². The summed E-state index contributed by atoms with van der Waals surface area (Å²) in [6.45, 7) is 9.04. The first-order chi connectivity index (χ1) is 10.8. The lowest BCUT2D eigenvalue weighted by Gasteiger charge is -2.47. The molecule has 2 nitrogen and oxygen atoms in total. The second-order valence-electron chi connectivity index (χ2n) is 5.97. The second kappa shape index (κ2) is 7.08. The van der Waals surface area contributed by atoms with Crippen molar-refractivity contribution in [2.45, 2.75) is 25.9 Å². The summed E-state index contributed by atoms with van der Waals surface area (Å²) in [6.07, 6.45) is 0. The molecule has 2 unspecified atom stereocenters. The molecule has 2 heteroatoms. The Morgan fingerprint density at radius 1 is 0.682 bits per heavy atom. The maximum absolute atomic E-state index is 2.62. The third-order valence-electron chi connectivity index (χ3n) is 4.85. The molecule has 0 spiro atoms. The van der Waals surface area contributed by atoms with E-state index in [1.807, 2.05) is 0 Å². The fraction of sp³-hybridized carbons (Fsp3) is 0.400. The van der Waals surface area contributed by atoms with Crippen LogP contribution in [0, 0.1) is 0 Å². The van der Waals surface area contributed by atoms with Crippen LogP contribution in [0.15, 0.2) is 60.7 Å². The molecular formula is C20H26N2. The maximum atomic E-state index is 2.62. The SMILES string of the molecule is CCN1CCN(CC)C(c2ccccc2)C1c1ccccc1. The van der Waals surface area contributed by atoms with E-state index < -0.39 is 0 Å². The minimum Gasteiger partial charge on any atom is -0.293 e. The van der Waals surface area contributed by atoms with Crippen molar-refractivity contribution in [1.82, 2.24) is 9.80 Å². The smallest absolute Gasteiger partial charge is 0.0545 e. The van der Waals surface area contributed by atoms with Gasteiger partial charge in [0.25, 0.3) is 0 Å². The van der Waals surface area contributed by atoms with Gasteiger partial charge in [0.15, 0.2) is 0 Å². The molecule has 0 amide bonds. The Labute approximate surface area is 134 Å². The van der Waals surface area contributed by atoms with Crippen molar-refractivity contribution in [2.75, 3.05) is 26.2 Å². The lowest BCUT2D eigenvalue weighted by Crippen LogP contribution is -2.50. The summed E-state index contributed by atoms with van der Waals surface area (Å²) in [7, 11) is 0. The summed E-state index contributed by atoms with van der Waals surface area (Å²) >= 11 is 0. The van der Waals surface area contributed by atoms with Gasteiger partial charge in [0.05, 0.1) is 12.1 Å². The molecular weight excluding hydrogens is 268 g/mol. The molecule has 0 radical (unpaired) electrons. The number of benzene rings is 2. The highest BCUT2D eigenvalue weighted by Crippen LogP contribution is 2.40. The van der Waals surface area contributed by atoms with Crippen LogP contribution in [-0.4, -0.2) is 36.0 Å². The summed E-state index contributed by atoms with van der Waals surface area (Å²) in [5, 5.41) is 0. The van der Waals surface area contributed by atoms with Gasteiger partial charge in [0.1, 0.15) is 0 Å². The van der Waals surface area contributed by atoms with Crippen molar-refractivity contribution in [3.05, 3.63) is 71.8 Å². The standard InChI is InChI=1S/C20H26N2/c1-3-21-15-16-22(4-2)20(18-13-9-6-10-14-18)19(21)17-11-7-5-8-12-17/h5-14,19-20H,3-4,15-16H2,1-2H3. The van der Waals surface area contributed by atoms with E-state index in [0.29, 0.717) is 12.1 Å². The Morgan fingerprint density at radius 3 is 1.36 bits per heavy atom. The van der Waals surface area contributed by atoms with Crippen molar-refractivity contribution in [2.24, 2.45) is 0 Å². The molecule has 116 valence electrons. The number of rotatable bonds is 4. The summed E-state index contributed by atoms with van der Waals surface area (Å²) in [5.74, 6) is 0. The van der Waals surface area contributed by atoms with Gasteiger partial charge < -0.3 is 0 Å². The summed E-state index contributed by atoms with van der Waals surface area (Å²) in [4.78, 5) is 5.25. The molecule has 0 aromatic heterocycles. The van der Waals surface area contributed by atoms with Crippen molar-refractivity contribution in [3.63, 3.8) is 0 Å². The van der Waals surface area contributed by atoms with Crippen LogP contribution < -0.4 is 0 Å². The van der Waals surface area contributed by atoms with Gasteiger partial charge in [-0.25, -0.2) is 0 Å². The van der Waals surface area contributed by atoms with Gasteiger partial charge in [-0.1, -0.05) is 74.5 Å². The summed E-state index contributed by atoms with van der Waals surface area (Å²) in [6, 6.07) is 22.9. The van der Waals surface area contributed by atoms with Crippen LogP contribution in [0.5, 0.6) is 0 Å². The molecule has 3 rings (SSSR count). The van der Waals surface area contributed by atoms with Crippen LogP contribution in [0.4, 0.5) is 0 Å². The predicted molar refractivity (Wildman–Crippen MR) is 92.9 cm³/mol. The van der Waals surface area contributed by atoms with E-state index >= 15 is 0 Å². The molecule has 1 heterocycles. The van der Waals surface area contributed by atoms with Crippen LogP contribution in [0.2, 0.25) is 0 Å². The number of likely N-dealkylation sites (N-methyl/N-ethyl adjacent to an activating group) is 2. The van der Waals surface area contributed by atoms with Crippen molar-refractivity contribution in [1.29, 1.82) is 0 Å². The molecule has 1 saturated heterocycles. The van der Waals surface area contributed by atoms with Crippen molar-refractivity contribution in [3.8, 4) is 0 Å². The Morgan fingerprint density at radius 2 is 1.05 bits per heavy atom. The van der Waals surface area contributed by atoms with Crippen LogP contribution in [0.25, 0.3) is 0 Å². The van der Waals surface area contributed by atoms with Gasteiger partial charge in [-0.2, -0.15) is 0 Å². The molecule has 1 aliphatic rings. The summed E-state index contributed by atoms with van der Waals surface area (Å²) < 4.78 is 0. The van der Waals surface area contributed by atoms with Crippen molar-refractivity contribution < 1.29 is 0 Å². The molecule has 1 aliphatic heterocycles. The number of hydrogen-bond donors (Lipinski definition) is 0. The van der Waals surface area contributed by atoms with E-state index in [-0.39, 0.29) is 0 Å². The molecule has 0 aliphatic carbocycles. The first-order valence-corrected chi connectivity index (χ1v) is 8.43. The van der Waals surface area contributed by atoms with E-state index in [9.17, 15) is 0 Å². The van der Waals surface area contributed by atoms with Gasteiger partial charge in [-0.3, -0.25) is 9.80 Å². The highest BCUT2D eigenvalue weighted by atomic mass is 15.3. The molecule has 0 N–H and O–H groups in total. The number of piperazine rings is 1. The zero-order valence-electron chi connectivity index (χ0n) is 13.7. The molecule has 0 saturated carbocycles. The van der Waals surface area contributed by atoms with E-state index in [0.717, 1.165) is 26.2 Å². The molecule has 0 bridgehead atoms. The van der Waals surface area contributed by atoms with E-state index in [4.69, 9.17) is 0 Å². The normalized spacial score (nSPS) is 23.5. The van der Waals surface area contributed by atoms with Crippen LogP contribution in [0.3, 0.4) is 0 Å². The minimum absolute atomic E-state index is 0.433. The highest BCUT2D eigenvalue weighted by molar-refractivity contribution is 5.28. The van der Waals surface area contributed by atoms with Gasteiger partial charge in [-0.05, 0) is 24.2 Å². The molecule has 2 aromatic rings. The third kappa shape index (κ3) is 2.94. The predicted octanol–water partition coefficient (Wildman–Crippen LogP) is 4.13. The average molecular weight is 294 g/mol. The number of hydrogen-bond acceptors (Lipinski definition) is 2. The Hall–Kier alpha value is -1.64. The van der Waals surface area contributed by atoms with Crippen LogP contribution >= 0.6 is 0 Å². The van der Waals surface area contributed by atoms with Gasteiger partial charge >= 0.3 is 0 Å². The Balaban J connectivity index is 2.05. The number of nitrogens with zero attached hydrogens (tertiary/aromatic N) is 2. The zero-order valence-corrected chi connectivity index (χ0v) is 13.7. The maximum Gasteiger partial charge on any atom is 0.0545 e. The third-order valence-corrected chi connectivity index (χ3v) is 4.85. The average Bonchev–Trinajstić information content (AvgIpc) is 2.61. The first kappa shape index (κ1) is 15.3. The fourth-order valence-electron chi connectivity index (χ4n) is 3.73. The van der Waals surface area contributed by atoms with Gasteiger partial charge in [-0.15, -0.1) is 0 Å². The Bertz CT molecular complexity index is 513. The van der Waals surface area contributed by atoms with E-state index in [1.165, 1.54) is 11.1 Å². The monoisotopic (exact) mass is 294 g/mol. The molecule has 2 aromatic carbocycles.